The monoisotopic (exact) mass is 382 g/mol. The molecule has 28 heavy (non-hydrogen) atoms. The van der Waals surface area contributed by atoms with Gasteiger partial charge in [0.25, 0.3) is 0 Å². The molecule has 0 aliphatic carbocycles. The Hall–Kier alpha value is -2.88. The first-order valence-electron chi connectivity index (χ1n) is 9.41. The van der Waals surface area contributed by atoms with Gasteiger partial charge >= 0.3 is 0 Å². The minimum atomic E-state index is 0.307. The Morgan fingerprint density at radius 3 is 2.29 bits per heavy atom. The van der Waals surface area contributed by atoms with Crippen molar-refractivity contribution in [3.8, 4) is 12.1 Å². The highest BCUT2D eigenvalue weighted by Gasteiger charge is 2.22. The molecule has 0 saturated carbocycles. The maximum Gasteiger partial charge on any atom is 0.202 e. The predicted molar refractivity (Wildman–Crippen MR) is 107 cm³/mol. The summed E-state index contributed by atoms with van der Waals surface area (Å²) < 4.78 is 5.40. The Labute approximate surface area is 166 Å². The summed E-state index contributed by atoms with van der Waals surface area (Å²) in [5.74, 6) is 1.69. The van der Waals surface area contributed by atoms with E-state index >= 15 is 0 Å². The van der Waals surface area contributed by atoms with Crippen LogP contribution in [0.15, 0.2) is 11.1 Å². The molecule has 0 bridgehead atoms. The molecule has 0 amide bonds. The normalized spacial score (nSPS) is 18.5. The zero-order valence-corrected chi connectivity index (χ0v) is 16.7. The Kier molecular flexibility index (Phi) is 6.30. The second kappa shape index (κ2) is 8.87. The van der Waals surface area contributed by atoms with Crippen molar-refractivity contribution in [2.75, 3.05) is 78.5 Å². The van der Waals surface area contributed by atoms with Crippen molar-refractivity contribution in [1.29, 1.82) is 10.5 Å². The quantitative estimate of drug-likeness (QED) is 0.538. The lowest BCUT2D eigenvalue weighted by molar-refractivity contribution is 0.122. The van der Waals surface area contributed by atoms with E-state index in [1.54, 1.807) is 6.07 Å². The molecule has 3 rings (SSSR count). The molecule has 9 nitrogen and oxygen atoms in total. The van der Waals surface area contributed by atoms with E-state index in [4.69, 9.17) is 9.73 Å². The molecule has 9 heteroatoms. The van der Waals surface area contributed by atoms with Gasteiger partial charge in [-0.2, -0.15) is 15.5 Å². The number of aromatic nitrogens is 1. The van der Waals surface area contributed by atoms with Gasteiger partial charge in [-0.3, -0.25) is 0 Å². The van der Waals surface area contributed by atoms with E-state index in [0.29, 0.717) is 49.1 Å². The maximum atomic E-state index is 9.60. The molecule has 2 aliphatic rings. The van der Waals surface area contributed by atoms with Crippen molar-refractivity contribution in [3.05, 3.63) is 17.2 Å². The fourth-order valence-corrected chi connectivity index (χ4v) is 3.31. The summed E-state index contributed by atoms with van der Waals surface area (Å²) in [7, 11) is 5.99. The third kappa shape index (κ3) is 4.33. The number of guanidine groups is 1. The van der Waals surface area contributed by atoms with Gasteiger partial charge in [0.1, 0.15) is 18.0 Å². The van der Waals surface area contributed by atoms with E-state index in [9.17, 15) is 10.5 Å². The maximum absolute atomic E-state index is 9.60. The zero-order chi connectivity index (χ0) is 20.1. The summed E-state index contributed by atoms with van der Waals surface area (Å²) in [5.41, 5.74) is 0.699. The van der Waals surface area contributed by atoms with E-state index in [0.717, 1.165) is 32.1 Å². The van der Waals surface area contributed by atoms with Crippen molar-refractivity contribution in [2.45, 2.75) is 0 Å². The van der Waals surface area contributed by atoms with Gasteiger partial charge < -0.3 is 24.3 Å². The van der Waals surface area contributed by atoms with Crippen LogP contribution in [0.4, 0.5) is 11.6 Å². The third-order valence-electron chi connectivity index (χ3n) is 4.93. The van der Waals surface area contributed by atoms with Crippen LogP contribution in [0.3, 0.4) is 0 Å². The molecule has 0 N–H and O–H groups in total. The topological polar surface area (TPSA) is 95.0 Å². The van der Waals surface area contributed by atoms with Crippen LogP contribution >= 0.6 is 0 Å². The van der Waals surface area contributed by atoms with Gasteiger partial charge in [-0.15, -0.1) is 0 Å². The van der Waals surface area contributed by atoms with Gasteiger partial charge in [-0.25, -0.2) is 4.98 Å². The number of hydrogen-bond donors (Lipinski definition) is 0. The highest BCUT2D eigenvalue weighted by atomic mass is 16.5. The van der Waals surface area contributed by atoms with Crippen molar-refractivity contribution in [2.24, 2.45) is 4.99 Å². The van der Waals surface area contributed by atoms with Gasteiger partial charge in [0.05, 0.1) is 24.3 Å². The van der Waals surface area contributed by atoms with Crippen LogP contribution in [0.25, 0.3) is 0 Å². The lowest BCUT2D eigenvalue weighted by atomic mass is 10.1. The smallest absolute Gasteiger partial charge is 0.202 e. The molecule has 0 unspecified atom stereocenters. The van der Waals surface area contributed by atoms with E-state index in [-0.39, 0.29) is 0 Å². The summed E-state index contributed by atoms with van der Waals surface area (Å²) in [6.07, 6.45) is 0. The summed E-state index contributed by atoms with van der Waals surface area (Å²) in [6.45, 7) is 6.15. The van der Waals surface area contributed by atoms with Crippen LogP contribution in [0.1, 0.15) is 11.1 Å². The Morgan fingerprint density at radius 1 is 1.07 bits per heavy atom. The summed E-state index contributed by atoms with van der Waals surface area (Å²) in [5, 5.41) is 19.1. The largest absolute Gasteiger partial charge is 0.378 e. The molecule has 2 saturated heterocycles. The Morgan fingerprint density at radius 2 is 1.71 bits per heavy atom. The molecule has 3 heterocycles. The lowest BCUT2D eigenvalue weighted by Gasteiger charge is -2.36. The Balaban J connectivity index is 2.01. The highest BCUT2D eigenvalue weighted by molar-refractivity contribution is 5.83. The first-order chi connectivity index (χ1) is 13.5. The van der Waals surface area contributed by atoms with Crippen LogP contribution in [0, 0.1) is 22.7 Å². The number of piperazine rings is 1. The van der Waals surface area contributed by atoms with Gasteiger partial charge in [-0.05, 0) is 13.1 Å². The molecule has 0 atom stereocenters. The molecule has 0 spiro atoms. The van der Waals surface area contributed by atoms with Crippen molar-refractivity contribution >= 4 is 17.6 Å². The number of aliphatic imine (C=N–C) groups is 1. The van der Waals surface area contributed by atoms with E-state index < -0.39 is 0 Å². The van der Waals surface area contributed by atoms with Gasteiger partial charge in [-0.1, -0.05) is 0 Å². The number of anilines is 1. The van der Waals surface area contributed by atoms with Crippen molar-refractivity contribution in [3.63, 3.8) is 0 Å². The SMILES string of the molecule is CN1CCN(C(=Nc2nc(N3CCOCC3)c(C#N)cc2C#N)N(C)C)CC1. The van der Waals surface area contributed by atoms with Crippen molar-refractivity contribution in [1.82, 2.24) is 19.7 Å². The van der Waals surface area contributed by atoms with Gasteiger partial charge in [0.2, 0.25) is 5.96 Å². The number of rotatable bonds is 2. The average Bonchev–Trinajstić information content (AvgIpc) is 2.72. The lowest BCUT2D eigenvalue weighted by Crippen LogP contribution is -2.51. The third-order valence-corrected chi connectivity index (χ3v) is 4.93. The minimum Gasteiger partial charge on any atom is -0.378 e. The first kappa shape index (κ1) is 19.9. The zero-order valence-electron chi connectivity index (χ0n) is 16.7. The fourth-order valence-electron chi connectivity index (χ4n) is 3.31. The first-order valence-corrected chi connectivity index (χ1v) is 9.41. The van der Waals surface area contributed by atoms with Crippen LogP contribution < -0.4 is 4.90 Å². The minimum absolute atomic E-state index is 0.307. The van der Waals surface area contributed by atoms with Crippen LogP contribution in [-0.2, 0) is 4.74 Å². The van der Waals surface area contributed by atoms with Crippen molar-refractivity contribution < 1.29 is 4.74 Å². The molecular formula is C19H26N8O. The molecule has 0 radical (unpaired) electrons. The molecular weight excluding hydrogens is 356 g/mol. The van der Waals surface area contributed by atoms with Gasteiger partial charge in [0.15, 0.2) is 5.82 Å². The second-order valence-corrected chi connectivity index (χ2v) is 7.15. The highest BCUT2D eigenvalue weighted by Crippen LogP contribution is 2.27. The Bertz CT molecular complexity index is 808. The second-order valence-electron chi connectivity index (χ2n) is 7.15. The van der Waals surface area contributed by atoms with E-state index in [1.165, 1.54) is 0 Å². The van der Waals surface area contributed by atoms with Crippen LogP contribution in [0.5, 0.6) is 0 Å². The summed E-state index contributed by atoms with van der Waals surface area (Å²) >= 11 is 0. The number of ether oxygens (including phenoxy) is 1. The van der Waals surface area contributed by atoms with Gasteiger partial charge in [0, 0.05) is 53.4 Å². The number of pyridine rings is 1. The van der Waals surface area contributed by atoms with Crippen LogP contribution in [-0.4, -0.2) is 99.3 Å². The average molecular weight is 382 g/mol. The van der Waals surface area contributed by atoms with E-state index in [1.807, 2.05) is 23.9 Å². The predicted octanol–water partition coefficient (Wildman–Crippen LogP) is 0.458. The summed E-state index contributed by atoms with van der Waals surface area (Å²) in [6, 6.07) is 5.90. The number of likely N-dealkylation sites (N-methyl/N-ethyl adjacent to an activating group) is 1. The van der Waals surface area contributed by atoms with Crippen LogP contribution in [0.2, 0.25) is 0 Å². The number of hydrogen-bond acceptors (Lipinski definition) is 7. The molecule has 148 valence electrons. The molecule has 1 aromatic rings. The number of morpholine rings is 1. The summed E-state index contributed by atoms with van der Waals surface area (Å²) in [4.78, 5) is 17.9. The number of nitrogens with zero attached hydrogens (tertiary/aromatic N) is 8. The molecule has 2 aliphatic heterocycles. The molecule has 1 aromatic heterocycles. The fraction of sp³-hybridized carbons (Fsp3) is 0.579. The molecule has 2 fully saturated rings. The standard InChI is InChI=1S/C19H26N8O/c1-24(2)19(27-6-4-25(3)5-7-27)23-17-15(13-20)12-16(14-21)18(22-17)26-8-10-28-11-9-26/h12H,4-11H2,1-3H3. The molecule has 0 aromatic carbocycles. The van der Waals surface area contributed by atoms with E-state index in [2.05, 4.69) is 34.0 Å². The number of nitriles is 2.